The number of nitrogens with zero attached hydrogens (tertiary/aromatic N) is 5. The summed E-state index contributed by atoms with van der Waals surface area (Å²) in [6, 6.07) is 8.72. The van der Waals surface area contributed by atoms with E-state index in [-0.39, 0.29) is 5.25 Å². The third-order valence-electron chi connectivity index (χ3n) is 4.36. The van der Waals surface area contributed by atoms with Crippen LogP contribution in [0.25, 0.3) is 10.8 Å². The van der Waals surface area contributed by atoms with Gasteiger partial charge in [0.05, 0.1) is 10.1 Å². The molecule has 0 spiro atoms. The van der Waals surface area contributed by atoms with Gasteiger partial charge in [-0.2, -0.15) is 0 Å². The van der Waals surface area contributed by atoms with Crippen molar-refractivity contribution < 1.29 is 4.42 Å². The maximum atomic E-state index is 5.88. The van der Waals surface area contributed by atoms with E-state index in [1.54, 1.807) is 34.4 Å². The number of rotatable bonds is 7. The Bertz CT molecular complexity index is 1020. The Hall–Kier alpha value is -1.97. The molecule has 0 radical (unpaired) electrons. The highest BCUT2D eigenvalue weighted by atomic mass is 32.2. The van der Waals surface area contributed by atoms with Gasteiger partial charge in [0.25, 0.3) is 5.89 Å². The molecule has 0 bridgehead atoms. The first-order valence-electron chi connectivity index (χ1n) is 8.78. The second kappa shape index (κ2) is 7.21. The third-order valence-corrected chi connectivity index (χ3v) is 7.14. The fourth-order valence-corrected chi connectivity index (χ4v) is 5.20. The Labute approximate surface area is 168 Å². The molecule has 0 amide bonds. The first kappa shape index (κ1) is 17.2. The zero-order valence-electron chi connectivity index (χ0n) is 14.6. The lowest BCUT2D eigenvalue weighted by Crippen LogP contribution is -2.04. The van der Waals surface area contributed by atoms with E-state index < -0.39 is 0 Å². The number of thiophene rings is 2. The van der Waals surface area contributed by atoms with Crippen molar-refractivity contribution >= 4 is 34.4 Å². The molecule has 9 heteroatoms. The van der Waals surface area contributed by atoms with Crippen LogP contribution < -0.4 is 0 Å². The largest absolute Gasteiger partial charge is 0.419 e. The van der Waals surface area contributed by atoms with Crippen molar-refractivity contribution in [3.8, 4) is 10.8 Å². The lowest BCUT2D eigenvalue weighted by molar-refractivity contribution is 0.509. The van der Waals surface area contributed by atoms with E-state index in [0.717, 1.165) is 22.3 Å². The quantitative estimate of drug-likeness (QED) is 0.385. The van der Waals surface area contributed by atoms with Crippen molar-refractivity contribution in [2.45, 2.75) is 42.6 Å². The smallest absolute Gasteiger partial charge is 0.257 e. The van der Waals surface area contributed by atoms with Crippen LogP contribution in [0.5, 0.6) is 0 Å². The SMILES string of the molecule is C[C@@H](Sc1nnc(Cc2cccs2)n1C1CC1)c1nnc(-c2cccs2)o1. The highest BCUT2D eigenvalue weighted by molar-refractivity contribution is 7.99. The van der Waals surface area contributed by atoms with E-state index in [1.165, 1.54) is 17.7 Å². The summed E-state index contributed by atoms with van der Waals surface area (Å²) < 4.78 is 8.18. The number of hydrogen-bond donors (Lipinski definition) is 0. The van der Waals surface area contributed by atoms with Crippen LogP contribution in [-0.4, -0.2) is 25.0 Å². The summed E-state index contributed by atoms with van der Waals surface area (Å²) in [7, 11) is 0. The highest BCUT2D eigenvalue weighted by Gasteiger charge is 2.31. The van der Waals surface area contributed by atoms with Gasteiger partial charge >= 0.3 is 0 Å². The second-order valence-corrected chi connectivity index (χ2v) is 9.73. The van der Waals surface area contributed by atoms with Gasteiger partial charge in [0.2, 0.25) is 5.89 Å². The van der Waals surface area contributed by atoms with Gasteiger partial charge in [0.1, 0.15) is 5.82 Å². The van der Waals surface area contributed by atoms with Gasteiger partial charge in [0, 0.05) is 17.3 Å². The average molecular weight is 416 g/mol. The molecule has 0 aliphatic heterocycles. The molecule has 1 saturated carbocycles. The normalized spacial score (nSPS) is 15.3. The third kappa shape index (κ3) is 3.59. The van der Waals surface area contributed by atoms with Crippen LogP contribution in [0.15, 0.2) is 44.6 Å². The Morgan fingerprint density at radius 1 is 1.15 bits per heavy atom. The van der Waals surface area contributed by atoms with E-state index >= 15 is 0 Å². The van der Waals surface area contributed by atoms with E-state index in [2.05, 4.69) is 49.4 Å². The summed E-state index contributed by atoms with van der Waals surface area (Å²) in [5.74, 6) is 2.24. The van der Waals surface area contributed by atoms with E-state index in [4.69, 9.17) is 4.42 Å². The van der Waals surface area contributed by atoms with Crippen LogP contribution in [0.3, 0.4) is 0 Å². The Morgan fingerprint density at radius 2 is 2.00 bits per heavy atom. The second-order valence-electron chi connectivity index (χ2n) is 6.44. The summed E-state index contributed by atoms with van der Waals surface area (Å²) in [6.45, 7) is 2.07. The van der Waals surface area contributed by atoms with Gasteiger partial charge in [-0.15, -0.1) is 43.1 Å². The summed E-state index contributed by atoms with van der Waals surface area (Å²) in [6.07, 6.45) is 3.22. The summed E-state index contributed by atoms with van der Waals surface area (Å²) in [5, 5.41) is 22.4. The van der Waals surface area contributed by atoms with Crippen LogP contribution in [0.2, 0.25) is 0 Å². The summed E-state index contributed by atoms with van der Waals surface area (Å²) in [4.78, 5) is 2.30. The zero-order chi connectivity index (χ0) is 18.2. The molecule has 27 heavy (non-hydrogen) atoms. The predicted octanol–water partition coefficient (Wildman–Crippen LogP) is 5.23. The molecule has 6 nitrogen and oxygen atoms in total. The molecule has 1 fully saturated rings. The average Bonchev–Trinajstić information content (AvgIpc) is 3.19. The van der Waals surface area contributed by atoms with Gasteiger partial charge in [-0.1, -0.05) is 23.9 Å². The minimum atomic E-state index is 0.0162. The maximum absolute atomic E-state index is 5.88. The number of thioether (sulfide) groups is 1. The number of hydrogen-bond acceptors (Lipinski definition) is 8. The van der Waals surface area contributed by atoms with Crippen LogP contribution in [0.1, 0.15) is 47.6 Å². The molecule has 4 aromatic heterocycles. The zero-order valence-corrected chi connectivity index (χ0v) is 17.1. The lowest BCUT2D eigenvalue weighted by atomic mass is 10.3. The van der Waals surface area contributed by atoms with Crippen LogP contribution in [0, 0.1) is 0 Å². The molecule has 0 N–H and O–H groups in total. The van der Waals surface area contributed by atoms with Gasteiger partial charge in [-0.3, -0.25) is 0 Å². The molecule has 5 rings (SSSR count). The molecule has 4 aromatic rings. The van der Waals surface area contributed by atoms with Crippen LogP contribution in [0.4, 0.5) is 0 Å². The summed E-state index contributed by atoms with van der Waals surface area (Å²) in [5.41, 5.74) is 0. The first-order valence-corrected chi connectivity index (χ1v) is 11.4. The van der Waals surface area contributed by atoms with Crippen LogP contribution in [-0.2, 0) is 6.42 Å². The first-order chi connectivity index (χ1) is 13.3. The molecule has 1 atom stereocenters. The monoisotopic (exact) mass is 415 g/mol. The molecule has 0 aromatic carbocycles. The minimum Gasteiger partial charge on any atom is -0.419 e. The van der Waals surface area contributed by atoms with Crippen molar-refractivity contribution in [1.82, 2.24) is 25.0 Å². The van der Waals surface area contributed by atoms with E-state index in [1.807, 2.05) is 17.5 Å². The molecular formula is C18H17N5OS3. The Balaban J connectivity index is 1.36. The number of aromatic nitrogens is 5. The maximum Gasteiger partial charge on any atom is 0.257 e. The molecule has 138 valence electrons. The van der Waals surface area contributed by atoms with Crippen LogP contribution >= 0.6 is 34.4 Å². The van der Waals surface area contributed by atoms with Gasteiger partial charge in [-0.05, 0) is 42.7 Å². The van der Waals surface area contributed by atoms with E-state index in [0.29, 0.717) is 17.8 Å². The molecular weight excluding hydrogens is 398 g/mol. The minimum absolute atomic E-state index is 0.0162. The summed E-state index contributed by atoms with van der Waals surface area (Å²) >= 11 is 4.99. The molecule has 1 aliphatic carbocycles. The predicted molar refractivity (Wildman–Crippen MR) is 107 cm³/mol. The van der Waals surface area contributed by atoms with Crippen molar-refractivity contribution in [2.24, 2.45) is 0 Å². The highest BCUT2D eigenvalue weighted by Crippen LogP contribution is 2.42. The van der Waals surface area contributed by atoms with Crippen molar-refractivity contribution in [1.29, 1.82) is 0 Å². The van der Waals surface area contributed by atoms with Gasteiger partial charge < -0.3 is 8.98 Å². The van der Waals surface area contributed by atoms with Crippen molar-refractivity contribution in [3.05, 3.63) is 51.6 Å². The van der Waals surface area contributed by atoms with Crippen molar-refractivity contribution in [2.75, 3.05) is 0 Å². The van der Waals surface area contributed by atoms with Gasteiger partial charge in [0.15, 0.2) is 5.16 Å². The van der Waals surface area contributed by atoms with Crippen molar-refractivity contribution in [3.63, 3.8) is 0 Å². The fraction of sp³-hybridized carbons (Fsp3) is 0.333. The standard InChI is InChI=1S/C18H17N5OS3/c1-11(16-20-21-17(24-16)14-5-3-9-26-14)27-18-22-19-15(23(18)12-6-7-12)10-13-4-2-8-25-13/h2-5,8-9,11-12H,6-7,10H2,1H3/t11-/m1/s1. The lowest BCUT2D eigenvalue weighted by Gasteiger charge is -2.10. The van der Waals surface area contributed by atoms with Gasteiger partial charge in [-0.25, -0.2) is 0 Å². The molecule has 0 saturated heterocycles. The van der Waals surface area contributed by atoms with E-state index in [9.17, 15) is 0 Å². The Morgan fingerprint density at radius 3 is 2.74 bits per heavy atom. The topological polar surface area (TPSA) is 69.6 Å². The molecule has 4 heterocycles. The Kier molecular flexibility index (Phi) is 4.58. The fourth-order valence-electron chi connectivity index (χ4n) is 2.88. The molecule has 0 unspecified atom stereocenters. The molecule has 1 aliphatic rings.